The third-order valence-corrected chi connectivity index (χ3v) is 8.16. The van der Waals surface area contributed by atoms with Gasteiger partial charge in [0.1, 0.15) is 24.4 Å². The number of ether oxygens (including phenoxy) is 1. The van der Waals surface area contributed by atoms with Gasteiger partial charge in [-0.25, -0.2) is 0 Å². The van der Waals surface area contributed by atoms with Crippen LogP contribution in [0.5, 0.6) is 5.75 Å². The Kier molecular flexibility index (Phi) is 11.9. The average Bonchev–Trinajstić information content (AvgIpc) is 2.96. The van der Waals surface area contributed by atoms with Crippen molar-refractivity contribution in [3.63, 3.8) is 0 Å². The molecule has 0 saturated heterocycles. The molecule has 230 valence electrons. The first-order valence-electron chi connectivity index (χ1n) is 15.0. The zero-order chi connectivity index (χ0) is 30.9. The molecule has 42 heavy (non-hydrogen) atoms. The number of rotatable bonds is 5. The molecule has 3 rings (SSSR count). The van der Waals surface area contributed by atoms with E-state index in [1.807, 2.05) is 75.4 Å². The molecule has 1 heterocycles. The van der Waals surface area contributed by atoms with Crippen LogP contribution >= 0.6 is 0 Å². The van der Waals surface area contributed by atoms with Crippen molar-refractivity contribution in [3.8, 4) is 5.75 Å². The first-order valence-corrected chi connectivity index (χ1v) is 15.0. The summed E-state index contributed by atoms with van der Waals surface area (Å²) < 4.78 is 6.09. The van der Waals surface area contributed by atoms with Gasteiger partial charge in [-0.2, -0.15) is 0 Å². The number of hydrogen-bond donors (Lipinski definition) is 4. The highest BCUT2D eigenvalue weighted by molar-refractivity contribution is 5.94. The van der Waals surface area contributed by atoms with Crippen molar-refractivity contribution in [2.75, 3.05) is 26.7 Å². The highest BCUT2D eigenvalue weighted by atomic mass is 16.5. The fourth-order valence-corrected chi connectivity index (χ4v) is 5.51. The standard InChI is InChI=1S/C33H48N4O5/c1-7-22(2)27-32(40)37(6)29(33(4,5)41)31(39)36-28(23(3)24-14-9-8-10-15-24)30(38)35-19-13-17-25-16-11-12-18-26(25)42-21-20-34-27/h8-12,14-16,18,22-23,27-29,34,41H,7,13,17,19-21H2,1-6H3,(H,35,38)(H,36,39)/t22?,23?,27-,28+,29+/m0/s1. The Balaban J connectivity index is 1.99. The van der Waals surface area contributed by atoms with Gasteiger partial charge >= 0.3 is 0 Å². The minimum atomic E-state index is -1.58. The normalized spacial score (nSPS) is 23.4. The van der Waals surface area contributed by atoms with Gasteiger partial charge in [-0.05, 0) is 49.8 Å². The monoisotopic (exact) mass is 580 g/mol. The molecule has 0 aromatic heterocycles. The molecule has 0 radical (unpaired) electrons. The lowest BCUT2D eigenvalue weighted by atomic mass is 9.90. The second kappa shape index (κ2) is 15.2. The number of nitrogens with zero attached hydrogens (tertiary/aromatic N) is 1. The zero-order valence-electron chi connectivity index (χ0n) is 25.9. The summed E-state index contributed by atoms with van der Waals surface area (Å²) >= 11 is 0. The molecule has 0 spiro atoms. The highest BCUT2D eigenvalue weighted by Crippen LogP contribution is 2.24. The molecule has 3 amide bonds. The van der Waals surface area contributed by atoms with Gasteiger partial charge in [0.25, 0.3) is 0 Å². The molecule has 9 heteroatoms. The summed E-state index contributed by atoms with van der Waals surface area (Å²) in [4.78, 5) is 42.7. The Morgan fingerprint density at radius 1 is 0.976 bits per heavy atom. The molecule has 2 unspecified atom stereocenters. The predicted molar refractivity (Wildman–Crippen MR) is 164 cm³/mol. The van der Waals surface area contributed by atoms with Crippen molar-refractivity contribution < 1.29 is 24.2 Å². The first-order chi connectivity index (χ1) is 20.0. The van der Waals surface area contributed by atoms with Gasteiger partial charge in [0, 0.05) is 26.1 Å². The number of para-hydroxylation sites is 1. The van der Waals surface area contributed by atoms with E-state index in [9.17, 15) is 19.5 Å². The van der Waals surface area contributed by atoms with E-state index in [0.717, 1.165) is 23.3 Å². The van der Waals surface area contributed by atoms with Crippen LogP contribution in [0.4, 0.5) is 0 Å². The van der Waals surface area contributed by atoms with Gasteiger partial charge in [-0.3, -0.25) is 14.4 Å². The molecule has 5 atom stereocenters. The Morgan fingerprint density at radius 2 is 1.64 bits per heavy atom. The minimum absolute atomic E-state index is 0.0417. The van der Waals surface area contributed by atoms with Crippen LogP contribution in [0.3, 0.4) is 0 Å². The van der Waals surface area contributed by atoms with E-state index in [4.69, 9.17) is 4.74 Å². The van der Waals surface area contributed by atoms with E-state index in [0.29, 0.717) is 32.5 Å². The first kappa shape index (κ1) is 33.1. The molecule has 0 aliphatic carbocycles. The topological polar surface area (TPSA) is 120 Å². The fraction of sp³-hybridized carbons (Fsp3) is 0.545. The Hall–Kier alpha value is -3.43. The van der Waals surface area contributed by atoms with Crippen LogP contribution < -0.4 is 20.7 Å². The molecule has 0 fully saturated rings. The lowest BCUT2D eigenvalue weighted by Crippen LogP contribution is -2.64. The van der Waals surface area contributed by atoms with Crippen LogP contribution in [0.15, 0.2) is 54.6 Å². The number of aliphatic hydroxyl groups is 1. The van der Waals surface area contributed by atoms with Crippen LogP contribution in [-0.4, -0.2) is 78.2 Å². The lowest BCUT2D eigenvalue weighted by Gasteiger charge is -2.39. The number of nitrogens with one attached hydrogen (secondary N) is 3. The predicted octanol–water partition coefficient (Wildman–Crippen LogP) is 3.02. The molecule has 0 saturated carbocycles. The van der Waals surface area contributed by atoms with Gasteiger partial charge in [0.05, 0.1) is 11.6 Å². The summed E-state index contributed by atoms with van der Waals surface area (Å²) in [5, 5.41) is 20.4. The van der Waals surface area contributed by atoms with Crippen molar-refractivity contribution in [3.05, 3.63) is 65.7 Å². The second-order valence-corrected chi connectivity index (χ2v) is 11.9. The van der Waals surface area contributed by atoms with Gasteiger partial charge in [0.2, 0.25) is 17.7 Å². The maximum Gasteiger partial charge on any atom is 0.246 e. The SMILES string of the molecule is CCC(C)[C@@H]1NCCOc2ccccc2CCCNC(=O)[C@@H](C(C)c2ccccc2)NC(=O)[C@H](C(C)(C)O)N(C)C1=O. The van der Waals surface area contributed by atoms with Gasteiger partial charge in [-0.15, -0.1) is 0 Å². The largest absolute Gasteiger partial charge is 0.492 e. The average molecular weight is 581 g/mol. The molecular weight excluding hydrogens is 532 g/mol. The Labute approximate surface area is 250 Å². The van der Waals surface area contributed by atoms with E-state index in [1.165, 1.54) is 25.8 Å². The maximum atomic E-state index is 13.9. The van der Waals surface area contributed by atoms with Crippen molar-refractivity contribution in [1.82, 2.24) is 20.9 Å². The third-order valence-electron chi connectivity index (χ3n) is 8.16. The number of fused-ring (bicyclic) bond motifs is 1. The fourth-order valence-electron chi connectivity index (χ4n) is 5.51. The number of aryl methyl sites for hydroxylation is 1. The van der Waals surface area contributed by atoms with Gasteiger partial charge in [-0.1, -0.05) is 75.7 Å². The quantitative estimate of drug-likeness (QED) is 0.432. The maximum absolute atomic E-state index is 13.9. The summed E-state index contributed by atoms with van der Waals surface area (Å²) in [6, 6.07) is 14.6. The Bertz CT molecular complexity index is 1180. The van der Waals surface area contributed by atoms with Crippen molar-refractivity contribution >= 4 is 17.7 Å². The number of carbonyl (C=O) groups excluding carboxylic acids is 3. The lowest BCUT2D eigenvalue weighted by molar-refractivity contribution is -0.150. The summed E-state index contributed by atoms with van der Waals surface area (Å²) in [7, 11) is 1.53. The molecular formula is C33H48N4O5. The van der Waals surface area contributed by atoms with Crippen LogP contribution in [-0.2, 0) is 20.8 Å². The highest BCUT2D eigenvalue weighted by Gasteiger charge is 2.43. The number of hydrogen-bond acceptors (Lipinski definition) is 6. The molecule has 1 aliphatic heterocycles. The molecule has 1 aliphatic rings. The number of carbonyl (C=O) groups is 3. The summed E-state index contributed by atoms with van der Waals surface area (Å²) in [6.07, 6.45) is 2.12. The summed E-state index contributed by atoms with van der Waals surface area (Å²) in [5.41, 5.74) is 0.341. The third kappa shape index (κ3) is 8.55. The number of likely N-dealkylation sites (N-methyl/N-ethyl adjacent to an activating group) is 1. The second-order valence-electron chi connectivity index (χ2n) is 11.9. The van der Waals surface area contributed by atoms with Crippen LogP contribution in [0, 0.1) is 5.92 Å². The smallest absolute Gasteiger partial charge is 0.246 e. The zero-order valence-corrected chi connectivity index (χ0v) is 25.9. The van der Waals surface area contributed by atoms with E-state index in [-0.39, 0.29) is 23.7 Å². The summed E-state index contributed by atoms with van der Waals surface area (Å²) in [6.45, 7) is 10.1. The van der Waals surface area contributed by atoms with Gasteiger partial charge < -0.3 is 30.7 Å². The minimum Gasteiger partial charge on any atom is -0.492 e. The molecule has 4 N–H and O–H groups in total. The van der Waals surface area contributed by atoms with Crippen LogP contribution in [0.1, 0.15) is 64.5 Å². The molecule has 9 nitrogen and oxygen atoms in total. The molecule has 2 aromatic rings. The van der Waals surface area contributed by atoms with E-state index >= 15 is 0 Å². The van der Waals surface area contributed by atoms with Gasteiger partial charge in [0.15, 0.2) is 0 Å². The van der Waals surface area contributed by atoms with Crippen molar-refractivity contribution in [2.24, 2.45) is 5.92 Å². The van der Waals surface area contributed by atoms with E-state index in [2.05, 4.69) is 16.0 Å². The summed E-state index contributed by atoms with van der Waals surface area (Å²) in [5.74, 6) is -0.867. The Morgan fingerprint density at radius 3 is 2.31 bits per heavy atom. The van der Waals surface area contributed by atoms with Crippen LogP contribution in [0.2, 0.25) is 0 Å². The van der Waals surface area contributed by atoms with E-state index < -0.39 is 29.6 Å². The van der Waals surface area contributed by atoms with Crippen molar-refractivity contribution in [2.45, 2.75) is 83.5 Å². The molecule has 2 aromatic carbocycles. The molecule has 0 bridgehead atoms. The van der Waals surface area contributed by atoms with Crippen molar-refractivity contribution in [1.29, 1.82) is 0 Å². The number of amides is 3. The number of benzene rings is 2. The van der Waals surface area contributed by atoms with E-state index in [1.54, 1.807) is 0 Å². The van der Waals surface area contributed by atoms with Crippen LogP contribution in [0.25, 0.3) is 0 Å².